The molecule has 4 rings (SSSR count). The van der Waals surface area contributed by atoms with Crippen molar-refractivity contribution in [2.24, 2.45) is 0 Å². The van der Waals surface area contributed by atoms with Crippen LogP contribution in [-0.2, 0) is 0 Å². The summed E-state index contributed by atoms with van der Waals surface area (Å²) in [5.74, 6) is -12.5. The minimum Gasteiger partial charge on any atom is -0.207 e. The number of rotatable bonds is 4. The molecule has 0 aromatic heterocycles. The summed E-state index contributed by atoms with van der Waals surface area (Å²) in [6, 6.07) is 10.3. The third-order valence-corrected chi connectivity index (χ3v) is 5.79. The van der Waals surface area contributed by atoms with Crippen molar-refractivity contribution in [1.82, 2.24) is 0 Å². The van der Waals surface area contributed by atoms with E-state index in [0.717, 1.165) is 48.5 Å². The molecule has 0 bridgehead atoms. The Morgan fingerprint density at radius 2 is 0.559 bits per heavy atom. The molecule has 0 atom stereocenters. The maximum Gasteiger partial charge on any atom is 1.00 e. The Labute approximate surface area is 211 Å². The van der Waals surface area contributed by atoms with Crippen LogP contribution >= 0.6 is 0 Å². The van der Waals surface area contributed by atoms with Gasteiger partial charge in [-0.3, -0.25) is 0 Å². The minimum atomic E-state index is -3.85. The fourth-order valence-electron chi connectivity index (χ4n) is 4.42. The Kier molecular flexibility index (Phi) is 7.60. The van der Waals surface area contributed by atoms with Crippen molar-refractivity contribution in [3.05, 3.63) is 119 Å². The molecule has 0 aliphatic carbocycles. The summed E-state index contributed by atoms with van der Waals surface area (Å²) in [7, 11) is 0. The summed E-state index contributed by atoms with van der Waals surface area (Å²) in [4.78, 5) is 0. The van der Waals surface area contributed by atoms with Gasteiger partial charge in [-0.1, -0.05) is 48.5 Å². The van der Waals surface area contributed by atoms with Crippen LogP contribution in [-0.4, -0.2) is 6.15 Å². The van der Waals surface area contributed by atoms with E-state index in [-0.39, 0.29) is 29.6 Å². The molecule has 0 N–H and O–H groups in total. The van der Waals surface area contributed by atoms with Crippen molar-refractivity contribution in [3.63, 3.8) is 0 Å². The normalized spacial score (nSPS) is 11.3. The Hall–Kier alpha value is -2.62. The third kappa shape index (κ3) is 3.95. The SMILES string of the molecule is Fc1cccc([B-](c2cccc(F)c2F)(c2cccc(F)c2F)c2cccc(F)c2F)c1F.[Na+]. The van der Waals surface area contributed by atoms with Gasteiger partial charge in [0.05, 0.1) is 0 Å². The van der Waals surface area contributed by atoms with Gasteiger partial charge < -0.3 is 0 Å². The van der Waals surface area contributed by atoms with Gasteiger partial charge >= 0.3 is 29.6 Å². The van der Waals surface area contributed by atoms with Crippen LogP contribution in [0.5, 0.6) is 0 Å². The Morgan fingerprint density at radius 1 is 0.353 bits per heavy atom. The maximum atomic E-state index is 15.2. The molecular weight excluding hydrogens is 474 g/mol. The van der Waals surface area contributed by atoms with Gasteiger partial charge in [0.1, 0.15) is 29.4 Å². The van der Waals surface area contributed by atoms with Gasteiger partial charge in [-0.05, 0) is 24.3 Å². The van der Waals surface area contributed by atoms with E-state index >= 15 is 17.6 Å². The molecule has 0 unspecified atom stereocenters. The van der Waals surface area contributed by atoms with Crippen LogP contribution in [0.1, 0.15) is 0 Å². The van der Waals surface area contributed by atoms with Crippen molar-refractivity contribution in [3.8, 4) is 0 Å². The van der Waals surface area contributed by atoms with Gasteiger partial charge in [-0.2, -0.15) is 21.9 Å². The van der Waals surface area contributed by atoms with Gasteiger partial charge in [-0.15, -0.1) is 0 Å². The van der Waals surface area contributed by atoms with Crippen LogP contribution in [0, 0.1) is 46.5 Å². The zero-order valence-corrected chi connectivity index (χ0v) is 19.5. The first-order valence-electron chi connectivity index (χ1n) is 9.64. The summed E-state index contributed by atoms with van der Waals surface area (Å²) < 4.78 is 118. The molecule has 168 valence electrons. The van der Waals surface area contributed by atoms with Crippen LogP contribution in [0.3, 0.4) is 0 Å². The van der Waals surface area contributed by atoms with Crippen LogP contribution in [0.2, 0.25) is 0 Å². The standard InChI is InChI=1S/C24H12BF8.Na/c26-17-9-1-5-13(21(17)30)25(14-6-2-10-18(27)22(14)31,15-7-3-11-19(28)23(15)32)16-8-4-12-20(29)24(16)33;/h1-12H;/q-1;+1. The molecule has 34 heavy (non-hydrogen) atoms. The second kappa shape index (κ2) is 9.94. The first-order valence-corrected chi connectivity index (χ1v) is 9.64. The molecule has 0 aliphatic rings. The molecule has 0 aliphatic heterocycles. The average molecular weight is 486 g/mol. The van der Waals surface area contributed by atoms with E-state index < -0.39 is 74.5 Å². The first-order chi connectivity index (χ1) is 15.7. The number of hydrogen-bond acceptors (Lipinski definition) is 0. The zero-order valence-electron chi connectivity index (χ0n) is 17.5. The van der Waals surface area contributed by atoms with Crippen molar-refractivity contribution in [2.75, 3.05) is 0 Å². The van der Waals surface area contributed by atoms with Gasteiger partial charge in [0.25, 0.3) is 0 Å². The molecule has 0 saturated carbocycles. The molecule has 0 fully saturated rings. The van der Waals surface area contributed by atoms with E-state index in [9.17, 15) is 17.6 Å². The second-order valence-corrected chi connectivity index (χ2v) is 7.44. The van der Waals surface area contributed by atoms with Crippen molar-refractivity contribution in [1.29, 1.82) is 0 Å². The van der Waals surface area contributed by atoms with Crippen LogP contribution in [0.25, 0.3) is 0 Å². The second-order valence-electron chi connectivity index (χ2n) is 7.44. The summed E-state index contributed by atoms with van der Waals surface area (Å²) in [5, 5.41) is 0. The van der Waals surface area contributed by atoms with Gasteiger partial charge in [0, 0.05) is 0 Å². The van der Waals surface area contributed by atoms with Crippen LogP contribution in [0.4, 0.5) is 35.1 Å². The summed E-state index contributed by atoms with van der Waals surface area (Å²) in [6.45, 7) is 0. The summed E-state index contributed by atoms with van der Waals surface area (Å²) >= 11 is 0. The molecule has 4 aromatic carbocycles. The number of hydrogen-bond donors (Lipinski definition) is 0. The van der Waals surface area contributed by atoms with E-state index in [1.807, 2.05) is 0 Å². The molecule has 0 nitrogen and oxygen atoms in total. The predicted octanol–water partition coefficient (Wildman–Crippen LogP) is 1.18. The van der Waals surface area contributed by atoms with Gasteiger partial charge in [0.2, 0.25) is 0 Å². The van der Waals surface area contributed by atoms with Crippen molar-refractivity contribution in [2.45, 2.75) is 0 Å². The van der Waals surface area contributed by atoms with Crippen molar-refractivity contribution < 1.29 is 64.7 Å². The van der Waals surface area contributed by atoms with E-state index in [1.54, 1.807) is 0 Å². The van der Waals surface area contributed by atoms with E-state index in [0.29, 0.717) is 24.3 Å². The first kappa shape index (κ1) is 26.0. The van der Waals surface area contributed by atoms with Gasteiger partial charge in [0.15, 0.2) is 23.3 Å². The Balaban J connectivity index is 0.00000324. The number of benzene rings is 4. The van der Waals surface area contributed by atoms with E-state index in [1.165, 1.54) is 0 Å². The fourth-order valence-corrected chi connectivity index (χ4v) is 4.42. The molecule has 10 heteroatoms. The minimum absolute atomic E-state index is 0. The third-order valence-electron chi connectivity index (χ3n) is 5.79. The van der Waals surface area contributed by atoms with Gasteiger partial charge in [-0.25, -0.2) is 35.1 Å². The quantitative estimate of drug-likeness (QED) is 0.301. The molecular formula is C24H12BF8Na. The predicted molar refractivity (Wildman–Crippen MR) is 110 cm³/mol. The van der Waals surface area contributed by atoms with Crippen LogP contribution in [0.15, 0.2) is 72.8 Å². The molecule has 0 spiro atoms. The Morgan fingerprint density at radius 3 is 0.765 bits per heavy atom. The number of halogens is 8. The smallest absolute Gasteiger partial charge is 0.207 e. The summed E-state index contributed by atoms with van der Waals surface area (Å²) in [6.07, 6.45) is -3.85. The Bertz CT molecular complexity index is 1160. The topological polar surface area (TPSA) is 0 Å². The van der Waals surface area contributed by atoms with E-state index in [4.69, 9.17) is 0 Å². The summed E-state index contributed by atoms with van der Waals surface area (Å²) in [5.41, 5.74) is -3.30. The van der Waals surface area contributed by atoms with E-state index in [2.05, 4.69) is 0 Å². The molecule has 0 heterocycles. The largest absolute Gasteiger partial charge is 1.00 e. The monoisotopic (exact) mass is 486 g/mol. The molecule has 4 aromatic rings. The molecule has 0 radical (unpaired) electrons. The van der Waals surface area contributed by atoms with Crippen molar-refractivity contribution >= 4 is 28.0 Å². The maximum absolute atomic E-state index is 15.2. The molecule has 0 amide bonds. The fraction of sp³-hybridized carbons (Fsp3) is 0. The zero-order chi connectivity index (χ0) is 23.9. The van der Waals surface area contributed by atoms with Crippen LogP contribution < -0.4 is 51.4 Å². The average Bonchev–Trinajstić information content (AvgIpc) is 2.79. The molecule has 0 saturated heterocycles.